The Labute approximate surface area is 110 Å². The van der Waals surface area contributed by atoms with Gasteiger partial charge in [0.1, 0.15) is 0 Å². The summed E-state index contributed by atoms with van der Waals surface area (Å²) in [6.07, 6.45) is 2.76. The molecule has 3 heteroatoms. The van der Waals surface area contributed by atoms with Gasteiger partial charge in [0, 0.05) is 26.2 Å². The minimum absolute atomic E-state index is 0.0230. The summed E-state index contributed by atoms with van der Waals surface area (Å²) in [5.41, 5.74) is 1.21. The molecule has 1 aromatic rings. The number of carbonyl (C=O) groups is 1. The number of hydrogen-bond donors (Lipinski definition) is 1. The van der Waals surface area contributed by atoms with E-state index in [0.29, 0.717) is 0 Å². The van der Waals surface area contributed by atoms with Gasteiger partial charge in [-0.15, -0.1) is 0 Å². The van der Waals surface area contributed by atoms with E-state index in [2.05, 4.69) is 17.4 Å². The van der Waals surface area contributed by atoms with Crippen molar-refractivity contribution in [2.24, 2.45) is 5.92 Å². The topological polar surface area (TPSA) is 38.3 Å². The van der Waals surface area contributed by atoms with Crippen LogP contribution in [0.3, 0.4) is 0 Å². The van der Waals surface area contributed by atoms with Crippen molar-refractivity contribution in [3.05, 3.63) is 35.9 Å². The number of ether oxygens (including phenoxy) is 1. The predicted octanol–water partition coefficient (Wildman–Crippen LogP) is 2.41. The first-order chi connectivity index (χ1) is 8.74. The SMILES string of the molecule is COCCCCNC(=O)C(C)Cc1ccccc1. The number of hydrogen-bond acceptors (Lipinski definition) is 2. The van der Waals surface area contributed by atoms with Gasteiger partial charge in [-0.25, -0.2) is 0 Å². The van der Waals surface area contributed by atoms with Crippen molar-refractivity contribution in [1.29, 1.82) is 0 Å². The normalized spacial score (nSPS) is 12.1. The molecule has 0 aliphatic heterocycles. The molecule has 1 unspecified atom stereocenters. The molecule has 1 aromatic carbocycles. The zero-order valence-corrected chi connectivity index (χ0v) is 11.3. The summed E-state index contributed by atoms with van der Waals surface area (Å²) >= 11 is 0. The fourth-order valence-corrected chi connectivity index (χ4v) is 1.82. The highest BCUT2D eigenvalue weighted by Gasteiger charge is 2.12. The zero-order valence-electron chi connectivity index (χ0n) is 11.3. The number of rotatable bonds is 8. The van der Waals surface area contributed by atoms with Crippen molar-refractivity contribution in [1.82, 2.24) is 5.32 Å². The first-order valence-corrected chi connectivity index (χ1v) is 6.54. The van der Waals surface area contributed by atoms with Gasteiger partial charge in [0.25, 0.3) is 0 Å². The highest BCUT2D eigenvalue weighted by atomic mass is 16.5. The van der Waals surface area contributed by atoms with Crippen LogP contribution < -0.4 is 5.32 Å². The Morgan fingerprint density at radius 3 is 2.67 bits per heavy atom. The van der Waals surface area contributed by atoms with Gasteiger partial charge in [-0.3, -0.25) is 4.79 Å². The van der Waals surface area contributed by atoms with Gasteiger partial charge in [0.2, 0.25) is 5.91 Å². The zero-order chi connectivity index (χ0) is 13.2. The van der Waals surface area contributed by atoms with E-state index < -0.39 is 0 Å². The number of methoxy groups -OCH3 is 1. The molecule has 18 heavy (non-hydrogen) atoms. The molecule has 1 atom stereocenters. The van der Waals surface area contributed by atoms with Crippen LogP contribution in [0.2, 0.25) is 0 Å². The summed E-state index contributed by atoms with van der Waals surface area (Å²) in [6.45, 7) is 3.47. The Balaban J connectivity index is 2.21. The second-order valence-corrected chi connectivity index (χ2v) is 4.58. The Bertz CT molecular complexity index is 338. The van der Waals surface area contributed by atoms with Crippen LogP contribution in [0, 0.1) is 5.92 Å². The summed E-state index contributed by atoms with van der Waals surface area (Å²) < 4.78 is 4.96. The van der Waals surface area contributed by atoms with Crippen LogP contribution in [0.1, 0.15) is 25.3 Å². The van der Waals surface area contributed by atoms with Crippen LogP contribution >= 0.6 is 0 Å². The average Bonchev–Trinajstić information content (AvgIpc) is 2.39. The maximum atomic E-state index is 11.8. The molecule has 1 rings (SSSR count). The predicted molar refractivity (Wildman–Crippen MR) is 73.4 cm³/mol. The van der Waals surface area contributed by atoms with E-state index in [1.807, 2.05) is 25.1 Å². The Morgan fingerprint density at radius 1 is 1.28 bits per heavy atom. The Kier molecular flexibility index (Phi) is 7.11. The smallest absolute Gasteiger partial charge is 0.223 e. The Morgan fingerprint density at radius 2 is 2.00 bits per heavy atom. The Hall–Kier alpha value is -1.35. The average molecular weight is 249 g/mol. The first kappa shape index (κ1) is 14.7. The largest absolute Gasteiger partial charge is 0.385 e. The summed E-state index contributed by atoms with van der Waals surface area (Å²) in [6, 6.07) is 10.1. The molecule has 0 aliphatic rings. The van der Waals surface area contributed by atoms with E-state index in [1.54, 1.807) is 7.11 Å². The van der Waals surface area contributed by atoms with Crippen molar-refractivity contribution < 1.29 is 9.53 Å². The number of benzene rings is 1. The van der Waals surface area contributed by atoms with Gasteiger partial charge in [0.05, 0.1) is 0 Å². The molecule has 0 saturated heterocycles. The van der Waals surface area contributed by atoms with Crippen molar-refractivity contribution in [2.45, 2.75) is 26.2 Å². The molecular formula is C15H23NO2. The van der Waals surface area contributed by atoms with Crippen molar-refractivity contribution in [2.75, 3.05) is 20.3 Å². The number of nitrogens with one attached hydrogen (secondary N) is 1. The van der Waals surface area contributed by atoms with Crippen LogP contribution in [0.4, 0.5) is 0 Å². The van der Waals surface area contributed by atoms with Gasteiger partial charge in [0.15, 0.2) is 0 Å². The standard InChI is InChI=1S/C15H23NO2/c1-13(12-14-8-4-3-5-9-14)15(17)16-10-6-7-11-18-2/h3-5,8-9,13H,6-7,10-12H2,1-2H3,(H,16,17). The minimum atomic E-state index is 0.0230. The fourth-order valence-electron chi connectivity index (χ4n) is 1.82. The van der Waals surface area contributed by atoms with E-state index in [0.717, 1.165) is 32.4 Å². The van der Waals surface area contributed by atoms with Gasteiger partial charge in [-0.05, 0) is 24.8 Å². The third kappa shape index (κ3) is 5.82. The van der Waals surface area contributed by atoms with Crippen LogP contribution in [0.25, 0.3) is 0 Å². The minimum Gasteiger partial charge on any atom is -0.385 e. The number of amides is 1. The third-order valence-electron chi connectivity index (χ3n) is 2.91. The molecule has 1 amide bonds. The lowest BCUT2D eigenvalue weighted by atomic mass is 10.0. The van der Waals surface area contributed by atoms with Crippen molar-refractivity contribution in [3.63, 3.8) is 0 Å². The van der Waals surface area contributed by atoms with E-state index in [1.165, 1.54) is 5.56 Å². The highest BCUT2D eigenvalue weighted by Crippen LogP contribution is 2.08. The molecule has 0 saturated carbocycles. The van der Waals surface area contributed by atoms with Gasteiger partial charge >= 0.3 is 0 Å². The molecule has 0 aliphatic carbocycles. The lowest BCUT2D eigenvalue weighted by molar-refractivity contribution is -0.124. The highest BCUT2D eigenvalue weighted by molar-refractivity contribution is 5.78. The molecule has 0 radical (unpaired) electrons. The van der Waals surface area contributed by atoms with Crippen LogP contribution in [-0.4, -0.2) is 26.2 Å². The van der Waals surface area contributed by atoms with Gasteiger partial charge in [-0.2, -0.15) is 0 Å². The number of carbonyl (C=O) groups excluding carboxylic acids is 1. The quantitative estimate of drug-likeness (QED) is 0.718. The summed E-state index contributed by atoms with van der Waals surface area (Å²) in [7, 11) is 1.69. The summed E-state index contributed by atoms with van der Waals surface area (Å²) in [4.78, 5) is 11.8. The second-order valence-electron chi connectivity index (χ2n) is 4.58. The van der Waals surface area contributed by atoms with E-state index >= 15 is 0 Å². The molecule has 0 heterocycles. The van der Waals surface area contributed by atoms with E-state index in [-0.39, 0.29) is 11.8 Å². The van der Waals surface area contributed by atoms with Crippen LogP contribution in [0.15, 0.2) is 30.3 Å². The lowest BCUT2D eigenvalue weighted by Crippen LogP contribution is -2.31. The molecule has 1 N–H and O–H groups in total. The molecule has 0 bridgehead atoms. The first-order valence-electron chi connectivity index (χ1n) is 6.54. The monoisotopic (exact) mass is 249 g/mol. The molecule has 0 fully saturated rings. The van der Waals surface area contributed by atoms with Crippen LogP contribution in [0.5, 0.6) is 0 Å². The van der Waals surface area contributed by atoms with Gasteiger partial charge in [-0.1, -0.05) is 37.3 Å². The summed E-state index contributed by atoms with van der Waals surface area (Å²) in [5, 5.41) is 2.97. The van der Waals surface area contributed by atoms with Crippen molar-refractivity contribution >= 4 is 5.91 Å². The molecule has 100 valence electrons. The molecule has 0 aromatic heterocycles. The van der Waals surface area contributed by atoms with E-state index in [4.69, 9.17) is 4.74 Å². The van der Waals surface area contributed by atoms with Crippen LogP contribution in [-0.2, 0) is 16.0 Å². The fraction of sp³-hybridized carbons (Fsp3) is 0.533. The van der Waals surface area contributed by atoms with Crippen molar-refractivity contribution in [3.8, 4) is 0 Å². The van der Waals surface area contributed by atoms with E-state index in [9.17, 15) is 4.79 Å². The van der Waals surface area contributed by atoms with Gasteiger partial charge < -0.3 is 10.1 Å². The third-order valence-corrected chi connectivity index (χ3v) is 2.91. The number of unbranched alkanes of at least 4 members (excludes halogenated alkanes) is 1. The molecule has 0 spiro atoms. The maximum absolute atomic E-state index is 11.8. The molecule has 3 nitrogen and oxygen atoms in total. The lowest BCUT2D eigenvalue weighted by Gasteiger charge is -2.12. The summed E-state index contributed by atoms with van der Waals surface area (Å²) in [5.74, 6) is 0.158. The maximum Gasteiger partial charge on any atom is 0.223 e. The molecular weight excluding hydrogens is 226 g/mol. The second kappa shape index (κ2) is 8.70.